The van der Waals surface area contributed by atoms with Crippen LogP contribution in [-0.2, 0) is 26.2 Å². The molecular formula is C29H34FN3O4S. The largest absolute Gasteiger partial charge is 0.352 e. The van der Waals surface area contributed by atoms with Crippen LogP contribution in [0.4, 0.5) is 10.1 Å². The number of benzene rings is 3. The van der Waals surface area contributed by atoms with Gasteiger partial charge in [-0.15, -0.1) is 0 Å². The molecule has 0 heterocycles. The Hall–Kier alpha value is -3.72. The first kappa shape index (κ1) is 28.8. The molecule has 0 aliphatic carbocycles. The fourth-order valence-corrected chi connectivity index (χ4v) is 5.35. The van der Waals surface area contributed by atoms with Crippen LogP contribution >= 0.6 is 0 Å². The maximum atomic E-state index is 13.8. The SMILES string of the molecule is Cc1ccc(S(=O)(=O)N(CC(=O)N(Cc2ccccc2C)[C@H](C)C(=O)NC(C)C)c2ccc(F)cc2)cc1. The topological polar surface area (TPSA) is 86.8 Å². The van der Waals surface area contributed by atoms with Crippen molar-refractivity contribution >= 4 is 27.5 Å². The Morgan fingerprint density at radius 1 is 0.895 bits per heavy atom. The number of sulfonamides is 1. The summed E-state index contributed by atoms with van der Waals surface area (Å²) in [5.41, 5.74) is 2.78. The van der Waals surface area contributed by atoms with Crippen LogP contribution in [0.5, 0.6) is 0 Å². The van der Waals surface area contributed by atoms with Gasteiger partial charge in [-0.25, -0.2) is 12.8 Å². The zero-order chi connectivity index (χ0) is 28.0. The smallest absolute Gasteiger partial charge is 0.264 e. The number of anilines is 1. The predicted octanol–water partition coefficient (Wildman–Crippen LogP) is 4.58. The van der Waals surface area contributed by atoms with Crippen LogP contribution in [0, 0.1) is 19.7 Å². The highest BCUT2D eigenvalue weighted by molar-refractivity contribution is 7.92. The van der Waals surface area contributed by atoms with Crippen molar-refractivity contribution in [3.05, 3.63) is 95.3 Å². The fraction of sp³-hybridized carbons (Fsp3) is 0.310. The molecule has 3 rings (SSSR count). The molecule has 3 aromatic rings. The number of nitrogens with one attached hydrogen (secondary N) is 1. The van der Waals surface area contributed by atoms with E-state index in [4.69, 9.17) is 0 Å². The molecule has 3 aromatic carbocycles. The van der Waals surface area contributed by atoms with Crippen molar-refractivity contribution in [1.29, 1.82) is 0 Å². The Bertz CT molecular complexity index is 1370. The van der Waals surface area contributed by atoms with E-state index in [2.05, 4.69) is 5.32 Å². The van der Waals surface area contributed by atoms with Gasteiger partial charge in [-0.2, -0.15) is 0 Å². The van der Waals surface area contributed by atoms with Gasteiger partial charge in [0.2, 0.25) is 11.8 Å². The minimum absolute atomic E-state index is 0.00345. The van der Waals surface area contributed by atoms with Crippen LogP contribution in [0.1, 0.15) is 37.5 Å². The van der Waals surface area contributed by atoms with E-state index in [0.717, 1.165) is 33.1 Å². The molecule has 0 spiro atoms. The maximum absolute atomic E-state index is 13.8. The molecule has 38 heavy (non-hydrogen) atoms. The average Bonchev–Trinajstić information content (AvgIpc) is 2.86. The van der Waals surface area contributed by atoms with E-state index in [1.54, 1.807) is 19.1 Å². The summed E-state index contributed by atoms with van der Waals surface area (Å²) < 4.78 is 42.1. The molecule has 0 aromatic heterocycles. The molecule has 0 aliphatic rings. The summed E-state index contributed by atoms with van der Waals surface area (Å²) in [6.07, 6.45) is 0. The van der Waals surface area contributed by atoms with Crippen LogP contribution in [0.2, 0.25) is 0 Å². The van der Waals surface area contributed by atoms with E-state index >= 15 is 0 Å². The summed E-state index contributed by atoms with van der Waals surface area (Å²) in [7, 11) is -4.20. The van der Waals surface area contributed by atoms with Gasteiger partial charge in [0.15, 0.2) is 0 Å². The number of hydrogen-bond donors (Lipinski definition) is 1. The summed E-state index contributed by atoms with van der Waals surface area (Å²) in [5, 5.41) is 2.82. The van der Waals surface area contributed by atoms with Crippen LogP contribution < -0.4 is 9.62 Å². The number of amides is 2. The number of rotatable bonds is 10. The lowest BCUT2D eigenvalue weighted by atomic mass is 10.1. The highest BCUT2D eigenvalue weighted by Crippen LogP contribution is 2.25. The Kier molecular flexibility index (Phi) is 9.27. The van der Waals surface area contributed by atoms with Gasteiger partial charge in [-0.05, 0) is 82.1 Å². The van der Waals surface area contributed by atoms with Gasteiger partial charge >= 0.3 is 0 Å². The van der Waals surface area contributed by atoms with E-state index in [1.165, 1.54) is 29.2 Å². The molecule has 0 aliphatic heterocycles. The summed E-state index contributed by atoms with van der Waals surface area (Å²) in [4.78, 5) is 28.2. The number of halogens is 1. The second-order valence-corrected chi connectivity index (χ2v) is 11.5. The minimum atomic E-state index is -4.20. The second kappa shape index (κ2) is 12.2. The van der Waals surface area contributed by atoms with Gasteiger partial charge in [0, 0.05) is 12.6 Å². The summed E-state index contributed by atoms with van der Waals surface area (Å²) >= 11 is 0. The summed E-state index contributed by atoms with van der Waals surface area (Å²) in [5.74, 6) is -1.45. The van der Waals surface area contributed by atoms with Crippen molar-refractivity contribution in [2.45, 2.75) is 58.1 Å². The highest BCUT2D eigenvalue weighted by Gasteiger charge is 2.32. The molecule has 0 radical (unpaired) electrons. The molecule has 9 heteroatoms. The number of nitrogens with zero attached hydrogens (tertiary/aromatic N) is 2. The van der Waals surface area contributed by atoms with Crippen molar-refractivity contribution in [2.75, 3.05) is 10.8 Å². The lowest BCUT2D eigenvalue weighted by Crippen LogP contribution is -2.52. The molecule has 202 valence electrons. The van der Waals surface area contributed by atoms with Gasteiger partial charge in [0.1, 0.15) is 18.4 Å². The lowest BCUT2D eigenvalue weighted by molar-refractivity contribution is -0.139. The fourth-order valence-electron chi connectivity index (χ4n) is 3.93. The average molecular weight is 540 g/mol. The first-order valence-electron chi connectivity index (χ1n) is 12.4. The molecule has 0 unspecified atom stereocenters. The molecule has 2 amide bonds. The second-order valence-electron chi connectivity index (χ2n) is 9.59. The first-order valence-corrected chi connectivity index (χ1v) is 13.8. The highest BCUT2D eigenvalue weighted by atomic mass is 32.2. The number of carbonyl (C=O) groups excluding carboxylic acids is 2. The van der Waals surface area contributed by atoms with E-state index in [9.17, 15) is 22.4 Å². The molecule has 7 nitrogen and oxygen atoms in total. The first-order chi connectivity index (χ1) is 17.9. The van der Waals surface area contributed by atoms with E-state index < -0.39 is 34.3 Å². The van der Waals surface area contributed by atoms with Gasteiger partial charge in [-0.1, -0.05) is 42.0 Å². The molecular weight excluding hydrogens is 505 g/mol. The zero-order valence-electron chi connectivity index (χ0n) is 22.3. The molecule has 1 N–H and O–H groups in total. The van der Waals surface area contributed by atoms with Crippen LogP contribution in [-0.4, -0.2) is 43.8 Å². The van der Waals surface area contributed by atoms with Crippen molar-refractivity contribution in [1.82, 2.24) is 10.2 Å². The van der Waals surface area contributed by atoms with E-state index in [-0.39, 0.29) is 29.1 Å². The van der Waals surface area contributed by atoms with Gasteiger partial charge in [-0.3, -0.25) is 13.9 Å². The van der Waals surface area contributed by atoms with Crippen molar-refractivity contribution in [3.63, 3.8) is 0 Å². The lowest BCUT2D eigenvalue weighted by Gasteiger charge is -2.32. The number of aryl methyl sites for hydroxylation is 2. The van der Waals surface area contributed by atoms with Gasteiger partial charge in [0.25, 0.3) is 10.0 Å². The standard InChI is InChI=1S/C29H34FN3O4S/c1-20(2)31-29(35)23(5)32(18-24-9-7-6-8-22(24)4)28(34)19-33(26-14-12-25(30)13-15-26)38(36,37)27-16-10-21(3)11-17-27/h6-17,20,23H,18-19H2,1-5H3,(H,31,35)/t23-/m1/s1. The van der Waals surface area contributed by atoms with Gasteiger partial charge < -0.3 is 10.2 Å². The molecule has 0 fully saturated rings. The monoisotopic (exact) mass is 539 g/mol. The van der Waals surface area contributed by atoms with E-state index in [1.807, 2.05) is 52.0 Å². The third-order valence-electron chi connectivity index (χ3n) is 6.20. The normalized spacial score (nSPS) is 12.2. The Morgan fingerprint density at radius 3 is 2.08 bits per heavy atom. The number of hydrogen-bond acceptors (Lipinski definition) is 4. The van der Waals surface area contributed by atoms with Crippen LogP contribution in [0.3, 0.4) is 0 Å². The zero-order valence-corrected chi connectivity index (χ0v) is 23.1. The summed E-state index contributed by atoms with van der Waals surface area (Å²) in [6.45, 7) is 8.54. The third-order valence-corrected chi connectivity index (χ3v) is 7.99. The maximum Gasteiger partial charge on any atom is 0.264 e. The third kappa shape index (κ3) is 6.98. The van der Waals surface area contributed by atoms with E-state index in [0.29, 0.717) is 0 Å². The van der Waals surface area contributed by atoms with Gasteiger partial charge in [0.05, 0.1) is 10.6 Å². The summed E-state index contributed by atoms with van der Waals surface area (Å²) in [6, 6.07) is 17.7. The van der Waals surface area contributed by atoms with Crippen molar-refractivity contribution < 1.29 is 22.4 Å². The molecule has 0 bridgehead atoms. The van der Waals surface area contributed by atoms with Crippen LogP contribution in [0.15, 0.2) is 77.7 Å². The molecule has 0 saturated heterocycles. The number of carbonyl (C=O) groups is 2. The Morgan fingerprint density at radius 2 is 1.50 bits per heavy atom. The van der Waals surface area contributed by atoms with Crippen molar-refractivity contribution in [2.24, 2.45) is 0 Å². The van der Waals surface area contributed by atoms with Crippen LogP contribution in [0.25, 0.3) is 0 Å². The van der Waals surface area contributed by atoms with Crippen molar-refractivity contribution in [3.8, 4) is 0 Å². The minimum Gasteiger partial charge on any atom is -0.352 e. The Balaban J connectivity index is 2.03. The molecule has 1 atom stereocenters. The predicted molar refractivity (Wildman–Crippen MR) is 147 cm³/mol. The molecule has 0 saturated carbocycles. The quantitative estimate of drug-likeness (QED) is 0.409. The Labute approximate surface area is 224 Å².